The lowest BCUT2D eigenvalue weighted by Crippen LogP contribution is -2.60. The summed E-state index contributed by atoms with van der Waals surface area (Å²) in [5.74, 6) is 0.889. The molecule has 0 saturated carbocycles. The summed E-state index contributed by atoms with van der Waals surface area (Å²) in [6.45, 7) is 6.43. The Balaban J connectivity index is 1.40. The predicted octanol–water partition coefficient (Wildman–Crippen LogP) is 2.09. The third-order valence-corrected chi connectivity index (χ3v) is 5.19. The van der Waals surface area contributed by atoms with Gasteiger partial charge in [-0.1, -0.05) is 24.3 Å². The molecule has 104 valence electrons. The van der Waals surface area contributed by atoms with E-state index in [0.29, 0.717) is 6.04 Å². The third kappa shape index (κ3) is 2.11. The molecule has 1 saturated heterocycles. The van der Waals surface area contributed by atoms with Gasteiger partial charge in [0, 0.05) is 43.8 Å². The van der Waals surface area contributed by atoms with E-state index in [2.05, 4.69) is 43.4 Å². The maximum Gasteiger partial charge on any atom is 0.205 e. The number of hydrogen-bond acceptors (Lipinski definition) is 5. The lowest BCUT2D eigenvalue weighted by Gasteiger charge is -2.46. The maximum atomic E-state index is 4.46. The van der Waals surface area contributed by atoms with Gasteiger partial charge >= 0.3 is 0 Å². The molecule has 2 aliphatic heterocycles. The molecule has 0 unspecified atom stereocenters. The van der Waals surface area contributed by atoms with E-state index in [1.54, 1.807) is 0 Å². The van der Waals surface area contributed by atoms with Gasteiger partial charge < -0.3 is 4.90 Å². The van der Waals surface area contributed by atoms with Crippen molar-refractivity contribution in [3.8, 4) is 0 Å². The molecule has 0 bridgehead atoms. The highest BCUT2D eigenvalue weighted by molar-refractivity contribution is 7.09. The van der Waals surface area contributed by atoms with Gasteiger partial charge in [-0.3, -0.25) is 4.90 Å². The monoisotopic (exact) mass is 286 g/mol. The quantitative estimate of drug-likeness (QED) is 0.846. The van der Waals surface area contributed by atoms with E-state index in [1.807, 2.05) is 6.92 Å². The zero-order valence-corrected chi connectivity index (χ0v) is 12.4. The van der Waals surface area contributed by atoms with Crippen molar-refractivity contribution in [2.45, 2.75) is 25.9 Å². The summed E-state index contributed by atoms with van der Waals surface area (Å²) in [7, 11) is 0. The van der Waals surface area contributed by atoms with Crippen LogP contribution < -0.4 is 4.90 Å². The molecule has 2 aliphatic rings. The standard InChI is InChI=1S/C15H18N4S/c1-11-16-15(20-17-11)19-9-14(10-19)18-7-6-12-4-2-3-5-13(12)8-18/h2-5,14H,6-10H2,1H3. The molecule has 20 heavy (non-hydrogen) atoms. The van der Waals surface area contributed by atoms with Gasteiger partial charge in [0.25, 0.3) is 0 Å². The van der Waals surface area contributed by atoms with Gasteiger partial charge in [0.15, 0.2) is 0 Å². The fourth-order valence-electron chi connectivity index (χ4n) is 3.09. The van der Waals surface area contributed by atoms with Crippen LogP contribution in [-0.4, -0.2) is 39.9 Å². The van der Waals surface area contributed by atoms with Crippen LogP contribution in [0.2, 0.25) is 0 Å². The first-order valence-corrected chi connectivity index (χ1v) is 7.93. The molecule has 4 rings (SSSR count). The van der Waals surface area contributed by atoms with Gasteiger partial charge in [0.2, 0.25) is 5.13 Å². The van der Waals surface area contributed by atoms with Gasteiger partial charge in [0.1, 0.15) is 5.82 Å². The second-order valence-electron chi connectivity index (χ2n) is 5.67. The molecule has 0 spiro atoms. The molecule has 4 nitrogen and oxygen atoms in total. The Kier molecular flexibility index (Phi) is 2.97. The molecular weight excluding hydrogens is 268 g/mol. The largest absolute Gasteiger partial charge is 0.344 e. The van der Waals surface area contributed by atoms with Crippen LogP contribution in [0.25, 0.3) is 0 Å². The zero-order valence-electron chi connectivity index (χ0n) is 11.6. The summed E-state index contributed by atoms with van der Waals surface area (Å²) in [4.78, 5) is 9.42. The smallest absolute Gasteiger partial charge is 0.205 e. The van der Waals surface area contributed by atoms with Gasteiger partial charge in [-0.2, -0.15) is 4.37 Å². The fourth-order valence-corrected chi connectivity index (χ4v) is 3.78. The molecule has 1 fully saturated rings. The first-order chi connectivity index (χ1) is 9.79. The van der Waals surface area contributed by atoms with Gasteiger partial charge in [0.05, 0.1) is 0 Å². The lowest BCUT2D eigenvalue weighted by atomic mass is 9.97. The number of benzene rings is 1. The normalized spacial score (nSPS) is 19.8. The minimum absolute atomic E-state index is 0.674. The fraction of sp³-hybridized carbons (Fsp3) is 0.467. The Morgan fingerprint density at radius 2 is 2.00 bits per heavy atom. The van der Waals surface area contributed by atoms with Crippen LogP contribution in [0.5, 0.6) is 0 Å². The number of anilines is 1. The van der Waals surface area contributed by atoms with Crippen LogP contribution in [0.4, 0.5) is 5.13 Å². The van der Waals surface area contributed by atoms with Crippen LogP contribution in [0.3, 0.4) is 0 Å². The summed E-state index contributed by atoms with van der Waals surface area (Å²) >= 11 is 1.52. The highest BCUT2D eigenvalue weighted by Gasteiger charge is 2.34. The van der Waals surface area contributed by atoms with Crippen LogP contribution in [-0.2, 0) is 13.0 Å². The van der Waals surface area contributed by atoms with E-state index in [9.17, 15) is 0 Å². The molecule has 2 aromatic rings. The molecule has 0 radical (unpaired) electrons. The average molecular weight is 286 g/mol. The van der Waals surface area contributed by atoms with Crippen LogP contribution in [0.15, 0.2) is 24.3 Å². The summed E-state index contributed by atoms with van der Waals surface area (Å²) in [6, 6.07) is 9.51. The van der Waals surface area contributed by atoms with E-state index in [0.717, 1.165) is 30.6 Å². The van der Waals surface area contributed by atoms with Gasteiger partial charge in [-0.15, -0.1) is 0 Å². The van der Waals surface area contributed by atoms with Crippen molar-refractivity contribution in [2.75, 3.05) is 24.5 Å². The minimum atomic E-state index is 0.674. The molecule has 1 aromatic heterocycles. The molecule has 1 aromatic carbocycles. The second-order valence-corrected chi connectivity index (χ2v) is 6.40. The predicted molar refractivity (Wildman–Crippen MR) is 81.2 cm³/mol. The summed E-state index contributed by atoms with van der Waals surface area (Å²) in [6.07, 6.45) is 1.19. The highest BCUT2D eigenvalue weighted by Crippen LogP contribution is 2.28. The highest BCUT2D eigenvalue weighted by atomic mass is 32.1. The number of rotatable bonds is 2. The van der Waals surface area contributed by atoms with Crippen molar-refractivity contribution < 1.29 is 0 Å². The minimum Gasteiger partial charge on any atom is -0.344 e. The molecule has 0 aliphatic carbocycles. The first-order valence-electron chi connectivity index (χ1n) is 7.16. The number of aryl methyl sites for hydroxylation is 1. The lowest BCUT2D eigenvalue weighted by molar-refractivity contribution is 0.150. The van der Waals surface area contributed by atoms with Crippen molar-refractivity contribution >= 4 is 16.7 Å². The van der Waals surface area contributed by atoms with Crippen LogP contribution >= 0.6 is 11.5 Å². The van der Waals surface area contributed by atoms with E-state index < -0.39 is 0 Å². The van der Waals surface area contributed by atoms with E-state index in [1.165, 1.54) is 35.6 Å². The Hall–Kier alpha value is -1.46. The van der Waals surface area contributed by atoms with Crippen LogP contribution in [0.1, 0.15) is 17.0 Å². The molecule has 0 N–H and O–H groups in total. The van der Waals surface area contributed by atoms with Crippen molar-refractivity contribution in [2.24, 2.45) is 0 Å². The first kappa shape index (κ1) is 12.3. The van der Waals surface area contributed by atoms with Gasteiger partial charge in [-0.25, -0.2) is 4.98 Å². The number of aromatic nitrogens is 2. The van der Waals surface area contributed by atoms with Crippen molar-refractivity contribution in [3.05, 3.63) is 41.2 Å². The van der Waals surface area contributed by atoms with Crippen molar-refractivity contribution in [1.29, 1.82) is 0 Å². The summed E-state index contributed by atoms with van der Waals surface area (Å²) < 4.78 is 4.26. The van der Waals surface area contributed by atoms with Gasteiger partial charge in [-0.05, 0) is 24.5 Å². The molecule has 5 heteroatoms. The van der Waals surface area contributed by atoms with Crippen molar-refractivity contribution in [1.82, 2.24) is 14.3 Å². The summed E-state index contributed by atoms with van der Waals surface area (Å²) in [5, 5.41) is 1.08. The Morgan fingerprint density at radius 1 is 1.20 bits per heavy atom. The Morgan fingerprint density at radius 3 is 2.75 bits per heavy atom. The number of hydrogen-bond donors (Lipinski definition) is 0. The SMILES string of the molecule is Cc1nsc(N2CC(N3CCc4ccccc4C3)C2)n1. The Bertz CT molecular complexity index is 618. The topological polar surface area (TPSA) is 32.3 Å². The molecular formula is C15H18N4S. The maximum absolute atomic E-state index is 4.46. The molecule has 0 atom stereocenters. The second kappa shape index (κ2) is 4.82. The summed E-state index contributed by atoms with van der Waals surface area (Å²) in [5.41, 5.74) is 3.03. The third-order valence-electron chi connectivity index (χ3n) is 4.33. The van der Waals surface area contributed by atoms with Crippen LogP contribution in [0, 0.1) is 6.92 Å². The van der Waals surface area contributed by atoms with E-state index in [4.69, 9.17) is 0 Å². The molecule has 0 amide bonds. The average Bonchev–Trinajstić information content (AvgIpc) is 2.83. The van der Waals surface area contributed by atoms with Crippen molar-refractivity contribution in [3.63, 3.8) is 0 Å². The zero-order chi connectivity index (χ0) is 13.5. The Labute approximate surface area is 123 Å². The van der Waals surface area contributed by atoms with E-state index >= 15 is 0 Å². The number of fused-ring (bicyclic) bond motifs is 1. The molecule has 3 heterocycles. The van der Waals surface area contributed by atoms with E-state index in [-0.39, 0.29) is 0 Å². The number of nitrogens with zero attached hydrogens (tertiary/aromatic N) is 4.